The maximum Gasteiger partial charge on any atom is 0.141 e. The summed E-state index contributed by atoms with van der Waals surface area (Å²) in [7, 11) is 1.54. The zero-order valence-electron chi connectivity index (χ0n) is 12.1. The Morgan fingerprint density at radius 2 is 2.30 bits per heavy atom. The van der Waals surface area contributed by atoms with Crippen LogP contribution in [-0.4, -0.2) is 18.6 Å². The molecule has 0 aliphatic carbocycles. The van der Waals surface area contributed by atoms with E-state index in [1.807, 2.05) is 26.0 Å². The molecule has 0 aliphatic heterocycles. The fourth-order valence-electron chi connectivity index (χ4n) is 1.69. The summed E-state index contributed by atoms with van der Waals surface area (Å²) in [6.45, 7) is 8.39. The van der Waals surface area contributed by atoms with Crippen molar-refractivity contribution in [3.05, 3.63) is 53.8 Å². The molecule has 0 fully saturated rings. The Hall–Kier alpha value is -2.54. The largest absolute Gasteiger partial charge is 0.495 e. The van der Waals surface area contributed by atoms with Crippen molar-refractivity contribution in [3.8, 4) is 11.8 Å². The number of pyridine rings is 1. The standard InChI is InChI=1S/C16H19N3O/c1-5-6-12(2)7-13(3)10-18-16-8-15(20-4)14(9-17)11-19-16/h5-8,11H,1,10H2,2-4H3,(H,18,19)/b12-6+,13-7+. The number of anilines is 1. The summed E-state index contributed by atoms with van der Waals surface area (Å²) in [6, 6.07) is 3.76. The lowest BCUT2D eigenvalue weighted by molar-refractivity contribution is 0.413. The van der Waals surface area contributed by atoms with Crippen LogP contribution in [0.5, 0.6) is 5.75 Å². The summed E-state index contributed by atoms with van der Waals surface area (Å²) in [6.07, 6.45) is 7.30. The van der Waals surface area contributed by atoms with Crippen LogP contribution < -0.4 is 10.1 Å². The van der Waals surface area contributed by atoms with Crippen molar-refractivity contribution in [2.24, 2.45) is 0 Å². The van der Waals surface area contributed by atoms with Crippen LogP contribution in [0.25, 0.3) is 0 Å². The minimum atomic E-state index is 0.426. The number of nitriles is 1. The predicted octanol–water partition coefficient (Wildman–Crippen LogP) is 3.45. The molecule has 4 heteroatoms. The van der Waals surface area contributed by atoms with Crippen LogP contribution in [0, 0.1) is 11.3 Å². The lowest BCUT2D eigenvalue weighted by atomic mass is 10.2. The third-order valence-electron chi connectivity index (χ3n) is 2.61. The molecule has 104 valence electrons. The maximum atomic E-state index is 8.89. The topological polar surface area (TPSA) is 57.9 Å². The highest BCUT2D eigenvalue weighted by Crippen LogP contribution is 2.19. The summed E-state index contributed by atoms with van der Waals surface area (Å²) in [4.78, 5) is 4.17. The quantitative estimate of drug-likeness (QED) is 0.803. The molecular weight excluding hydrogens is 250 g/mol. The molecule has 1 N–H and O–H groups in total. The zero-order valence-corrected chi connectivity index (χ0v) is 12.1. The summed E-state index contributed by atoms with van der Waals surface area (Å²) in [5.74, 6) is 1.20. The SMILES string of the molecule is C=C/C=C(C)/C=C(\C)CNc1cc(OC)c(C#N)cn1. The van der Waals surface area contributed by atoms with Crippen LogP contribution in [0.4, 0.5) is 5.82 Å². The molecule has 0 atom stereocenters. The number of allylic oxidation sites excluding steroid dienone is 4. The normalized spacial score (nSPS) is 11.7. The summed E-state index contributed by atoms with van der Waals surface area (Å²) >= 11 is 0. The fourth-order valence-corrected chi connectivity index (χ4v) is 1.69. The van der Waals surface area contributed by atoms with Crippen LogP contribution in [0.1, 0.15) is 19.4 Å². The average molecular weight is 269 g/mol. The number of ether oxygens (including phenoxy) is 1. The van der Waals surface area contributed by atoms with Gasteiger partial charge in [0.15, 0.2) is 0 Å². The third kappa shape index (κ3) is 4.62. The average Bonchev–Trinajstić information content (AvgIpc) is 2.44. The van der Waals surface area contributed by atoms with Gasteiger partial charge < -0.3 is 10.1 Å². The Bertz CT molecular complexity index is 580. The van der Waals surface area contributed by atoms with Gasteiger partial charge in [-0.25, -0.2) is 4.98 Å². The number of hydrogen-bond acceptors (Lipinski definition) is 4. The van der Waals surface area contributed by atoms with Crippen molar-refractivity contribution in [2.45, 2.75) is 13.8 Å². The van der Waals surface area contributed by atoms with Gasteiger partial charge in [-0.3, -0.25) is 0 Å². The van der Waals surface area contributed by atoms with Crippen molar-refractivity contribution < 1.29 is 4.74 Å². The van der Waals surface area contributed by atoms with Gasteiger partial charge in [0.2, 0.25) is 0 Å². The Morgan fingerprint density at radius 3 is 2.90 bits per heavy atom. The molecule has 0 spiro atoms. The Balaban J connectivity index is 2.73. The van der Waals surface area contributed by atoms with Gasteiger partial charge in [0, 0.05) is 12.6 Å². The van der Waals surface area contributed by atoms with Gasteiger partial charge in [0.05, 0.1) is 13.3 Å². The molecule has 0 aliphatic rings. The summed E-state index contributed by atoms with van der Waals surface area (Å²) < 4.78 is 5.14. The highest BCUT2D eigenvalue weighted by molar-refractivity contribution is 5.50. The number of nitrogens with one attached hydrogen (secondary N) is 1. The molecule has 0 bridgehead atoms. The van der Waals surface area contributed by atoms with Gasteiger partial charge in [-0.2, -0.15) is 5.26 Å². The predicted molar refractivity (Wildman–Crippen MR) is 81.7 cm³/mol. The monoisotopic (exact) mass is 269 g/mol. The van der Waals surface area contributed by atoms with Crippen molar-refractivity contribution >= 4 is 5.82 Å². The Labute approximate surface area is 120 Å². The molecule has 1 rings (SSSR count). The second kappa shape index (κ2) is 7.80. The molecule has 0 unspecified atom stereocenters. The van der Waals surface area contributed by atoms with Crippen LogP contribution in [0.15, 0.2) is 48.2 Å². The zero-order chi connectivity index (χ0) is 15.0. The molecule has 0 radical (unpaired) electrons. The number of methoxy groups -OCH3 is 1. The van der Waals surface area contributed by atoms with E-state index in [1.54, 1.807) is 12.1 Å². The van der Waals surface area contributed by atoms with E-state index in [4.69, 9.17) is 10.00 Å². The fraction of sp³-hybridized carbons (Fsp3) is 0.250. The van der Waals surface area contributed by atoms with Gasteiger partial charge in [-0.05, 0) is 13.8 Å². The molecule has 0 saturated heterocycles. The van der Waals surface area contributed by atoms with Crippen LogP contribution in [0.3, 0.4) is 0 Å². The van der Waals surface area contributed by atoms with Crippen molar-refractivity contribution in [3.63, 3.8) is 0 Å². The van der Waals surface area contributed by atoms with Gasteiger partial charge in [0.1, 0.15) is 23.2 Å². The number of aromatic nitrogens is 1. The Morgan fingerprint density at radius 1 is 1.55 bits per heavy atom. The van der Waals surface area contributed by atoms with Crippen LogP contribution in [-0.2, 0) is 0 Å². The van der Waals surface area contributed by atoms with E-state index in [-0.39, 0.29) is 0 Å². The number of nitrogens with zero attached hydrogens (tertiary/aromatic N) is 2. The van der Waals surface area contributed by atoms with Crippen LogP contribution >= 0.6 is 0 Å². The minimum Gasteiger partial charge on any atom is -0.495 e. The molecule has 0 amide bonds. The van der Waals surface area contributed by atoms with E-state index < -0.39 is 0 Å². The molecule has 1 aromatic rings. The van der Waals surface area contributed by atoms with Gasteiger partial charge in [-0.15, -0.1) is 0 Å². The van der Waals surface area contributed by atoms with Crippen molar-refractivity contribution in [1.82, 2.24) is 4.98 Å². The first-order chi connectivity index (χ1) is 9.60. The van der Waals surface area contributed by atoms with E-state index in [2.05, 4.69) is 23.0 Å². The Kier molecular flexibility index (Phi) is 6.05. The number of hydrogen-bond donors (Lipinski definition) is 1. The molecule has 20 heavy (non-hydrogen) atoms. The van der Waals surface area contributed by atoms with E-state index in [0.717, 1.165) is 5.57 Å². The molecule has 0 saturated carbocycles. The first-order valence-electron chi connectivity index (χ1n) is 6.25. The lowest BCUT2D eigenvalue weighted by Gasteiger charge is -2.08. The molecule has 1 heterocycles. The lowest BCUT2D eigenvalue weighted by Crippen LogP contribution is -2.05. The highest BCUT2D eigenvalue weighted by Gasteiger charge is 2.04. The van der Waals surface area contributed by atoms with Crippen LogP contribution in [0.2, 0.25) is 0 Å². The van der Waals surface area contributed by atoms with Gasteiger partial charge in [-0.1, -0.05) is 36.0 Å². The smallest absolute Gasteiger partial charge is 0.141 e. The second-order valence-electron chi connectivity index (χ2n) is 4.37. The first-order valence-corrected chi connectivity index (χ1v) is 6.25. The van der Waals surface area contributed by atoms with E-state index in [0.29, 0.717) is 23.7 Å². The van der Waals surface area contributed by atoms with E-state index in [1.165, 1.54) is 18.9 Å². The van der Waals surface area contributed by atoms with E-state index >= 15 is 0 Å². The summed E-state index contributed by atoms with van der Waals surface area (Å²) in [5.41, 5.74) is 2.74. The first kappa shape index (κ1) is 15.5. The molecular formula is C16H19N3O. The second-order valence-corrected chi connectivity index (χ2v) is 4.37. The third-order valence-corrected chi connectivity index (χ3v) is 2.61. The minimum absolute atomic E-state index is 0.426. The number of rotatable bonds is 6. The maximum absolute atomic E-state index is 8.89. The van der Waals surface area contributed by atoms with Gasteiger partial charge >= 0.3 is 0 Å². The summed E-state index contributed by atoms with van der Waals surface area (Å²) in [5, 5.41) is 12.1. The van der Waals surface area contributed by atoms with Crippen molar-refractivity contribution in [1.29, 1.82) is 5.26 Å². The molecule has 0 aromatic carbocycles. The highest BCUT2D eigenvalue weighted by atomic mass is 16.5. The van der Waals surface area contributed by atoms with E-state index in [9.17, 15) is 0 Å². The van der Waals surface area contributed by atoms with Gasteiger partial charge in [0.25, 0.3) is 0 Å². The van der Waals surface area contributed by atoms with Crippen molar-refractivity contribution in [2.75, 3.05) is 19.0 Å². The molecule has 4 nitrogen and oxygen atoms in total. The molecule has 1 aromatic heterocycles.